The molecule has 8 heteroatoms. The molecule has 0 aromatic carbocycles. The summed E-state index contributed by atoms with van der Waals surface area (Å²) in [5.74, 6) is 1.69. The molecule has 3 aromatic rings. The highest BCUT2D eigenvalue weighted by Gasteiger charge is 2.16. The molecule has 3 rings (SSSR count). The lowest BCUT2D eigenvalue weighted by atomic mass is 10.1. The third-order valence-corrected chi connectivity index (χ3v) is 4.64. The lowest BCUT2D eigenvalue weighted by Gasteiger charge is -2.23. The summed E-state index contributed by atoms with van der Waals surface area (Å²) < 4.78 is 7.51. The highest BCUT2D eigenvalue weighted by atomic mass is 16.5. The van der Waals surface area contributed by atoms with Gasteiger partial charge in [0.25, 0.3) is 0 Å². The number of hydrogen-bond acceptors (Lipinski definition) is 6. The summed E-state index contributed by atoms with van der Waals surface area (Å²) >= 11 is 0. The Balaban J connectivity index is 2.14. The predicted molar refractivity (Wildman–Crippen MR) is 118 cm³/mol. The molecule has 5 N–H and O–H groups in total. The van der Waals surface area contributed by atoms with E-state index >= 15 is 0 Å². The first kappa shape index (κ1) is 20.5. The van der Waals surface area contributed by atoms with Crippen LogP contribution < -0.4 is 16.4 Å². The van der Waals surface area contributed by atoms with Crippen molar-refractivity contribution in [2.24, 2.45) is 11.5 Å². The van der Waals surface area contributed by atoms with E-state index in [-0.39, 0.29) is 0 Å². The van der Waals surface area contributed by atoms with Crippen molar-refractivity contribution in [3.8, 4) is 5.82 Å². The normalized spacial score (nSPS) is 12.7. The lowest BCUT2D eigenvalue weighted by molar-refractivity contribution is 0.154. The molecule has 0 saturated heterocycles. The molecule has 0 amide bonds. The highest BCUT2D eigenvalue weighted by molar-refractivity contribution is 5.92. The van der Waals surface area contributed by atoms with E-state index in [9.17, 15) is 0 Å². The van der Waals surface area contributed by atoms with Crippen molar-refractivity contribution < 1.29 is 4.74 Å². The van der Waals surface area contributed by atoms with Crippen LogP contribution in [0.15, 0.2) is 48.4 Å². The largest absolute Gasteiger partial charge is 0.402 e. The average molecular weight is 396 g/mol. The van der Waals surface area contributed by atoms with Gasteiger partial charge >= 0.3 is 0 Å². The van der Waals surface area contributed by atoms with Crippen molar-refractivity contribution in [2.45, 2.75) is 20.8 Å². The molecular weight excluding hydrogens is 366 g/mol. The summed E-state index contributed by atoms with van der Waals surface area (Å²) in [6.07, 6.45) is 7.32. The van der Waals surface area contributed by atoms with E-state index in [0.29, 0.717) is 24.6 Å². The van der Waals surface area contributed by atoms with Gasteiger partial charge in [-0.05, 0) is 45.1 Å². The highest BCUT2D eigenvalue weighted by Crippen LogP contribution is 2.29. The molecule has 0 saturated carbocycles. The van der Waals surface area contributed by atoms with Crippen LogP contribution in [-0.4, -0.2) is 46.1 Å². The zero-order chi connectivity index (χ0) is 20.8. The zero-order valence-electron chi connectivity index (χ0n) is 17.2. The molecule has 0 atom stereocenters. The van der Waals surface area contributed by atoms with E-state index in [4.69, 9.17) is 21.2 Å². The number of rotatable bonds is 9. The van der Waals surface area contributed by atoms with E-state index in [1.54, 1.807) is 12.3 Å². The van der Waals surface area contributed by atoms with Gasteiger partial charge in [-0.1, -0.05) is 0 Å². The number of aromatic nitrogens is 4. The second-order valence-electron chi connectivity index (χ2n) is 6.70. The van der Waals surface area contributed by atoms with Gasteiger partial charge in [0.15, 0.2) is 0 Å². The van der Waals surface area contributed by atoms with Crippen LogP contribution >= 0.6 is 0 Å². The summed E-state index contributed by atoms with van der Waals surface area (Å²) in [4.78, 5) is 7.12. The first-order valence-electron chi connectivity index (χ1n) is 9.79. The maximum atomic E-state index is 6.43. The molecule has 0 fully saturated rings. The van der Waals surface area contributed by atoms with Crippen LogP contribution in [0.2, 0.25) is 0 Å². The van der Waals surface area contributed by atoms with Crippen molar-refractivity contribution in [3.63, 3.8) is 0 Å². The number of aromatic amines is 1. The number of ether oxygens (including phenoxy) is 1. The number of hydrogen-bond donors (Lipinski definition) is 3. The number of nitrogens with two attached hydrogens (primary N) is 2. The summed E-state index contributed by atoms with van der Waals surface area (Å²) in [5, 5.41) is 8.01. The first-order chi connectivity index (χ1) is 14.0. The van der Waals surface area contributed by atoms with E-state index in [1.165, 1.54) is 0 Å². The molecule has 8 nitrogen and oxygen atoms in total. The molecule has 0 aliphatic carbocycles. The van der Waals surface area contributed by atoms with Crippen LogP contribution in [0.5, 0.6) is 0 Å². The molecule has 0 aliphatic heterocycles. The van der Waals surface area contributed by atoms with E-state index < -0.39 is 0 Å². The second kappa shape index (κ2) is 9.29. The quantitative estimate of drug-likeness (QED) is 0.379. The minimum absolute atomic E-state index is 0.631. The maximum Gasteiger partial charge on any atom is 0.148 e. The van der Waals surface area contributed by atoms with E-state index in [0.717, 1.165) is 41.3 Å². The number of pyridine rings is 1. The van der Waals surface area contributed by atoms with Gasteiger partial charge in [0.2, 0.25) is 0 Å². The molecule has 0 spiro atoms. The van der Waals surface area contributed by atoms with Crippen LogP contribution in [0.3, 0.4) is 0 Å². The molecule has 3 aromatic heterocycles. The first-order valence-corrected chi connectivity index (χ1v) is 9.79. The number of nitrogens with zero attached hydrogens (tertiary/aromatic N) is 4. The van der Waals surface area contributed by atoms with Gasteiger partial charge in [-0.2, -0.15) is 5.10 Å². The summed E-state index contributed by atoms with van der Waals surface area (Å²) in [7, 11) is 0. The molecule has 3 heterocycles. The Labute approximate surface area is 170 Å². The molecule has 0 aliphatic rings. The maximum absolute atomic E-state index is 6.43. The fourth-order valence-corrected chi connectivity index (χ4v) is 3.14. The van der Waals surface area contributed by atoms with Crippen molar-refractivity contribution in [1.29, 1.82) is 0 Å². The van der Waals surface area contributed by atoms with Gasteiger partial charge in [-0.25, -0.2) is 4.98 Å². The summed E-state index contributed by atoms with van der Waals surface area (Å²) in [6.45, 7) is 8.82. The van der Waals surface area contributed by atoms with Gasteiger partial charge in [0, 0.05) is 54.3 Å². The molecule has 154 valence electrons. The smallest absolute Gasteiger partial charge is 0.148 e. The Morgan fingerprint density at radius 2 is 2.10 bits per heavy atom. The monoisotopic (exact) mass is 395 g/mol. The molecule has 0 bridgehead atoms. The number of likely N-dealkylation sites (N-methyl/N-ethyl adjacent to an activating group) is 1. The van der Waals surface area contributed by atoms with E-state index in [2.05, 4.69) is 22.0 Å². The van der Waals surface area contributed by atoms with E-state index in [1.807, 2.05) is 48.9 Å². The Kier molecular flexibility index (Phi) is 6.56. The minimum atomic E-state index is 0.631. The fraction of sp³-hybridized carbons (Fsp3) is 0.333. The molecule has 29 heavy (non-hydrogen) atoms. The zero-order valence-corrected chi connectivity index (χ0v) is 17.2. The molecule has 0 unspecified atom stereocenters. The Morgan fingerprint density at radius 1 is 1.28 bits per heavy atom. The lowest BCUT2D eigenvalue weighted by Crippen LogP contribution is -2.28. The third-order valence-electron chi connectivity index (χ3n) is 4.64. The van der Waals surface area contributed by atoms with Crippen molar-refractivity contribution in [2.75, 3.05) is 31.2 Å². The number of nitrogens with one attached hydrogen (secondary N) is 1. The van der Waals surface area contributed by atoms with Gasteiger partial charge in [-0.3, -0.25) is 9.67 Å². The molecular formula is C21H29N7O. The van der Waals surface area contributed by atoms with Crippen LogP contribution in [0.1, 0.15) is 26.3 Å². The predicted octanol–water partition coefficient (Wildman–Crippen LogP) is 2.77. The van der Waals surface area contributed by atoms with Gasteiger partial charge in [0.1, 0.15) is 17.3 Å². The van der Waals surface area contributed by atoms with Gasteiger partial charge < -0.3 is 21.1 Å². The second-order valence-corrected chi connectivity index (χ2v) is 6.70. The third kappa shape index (κ3) is 4.60. The van der Waals surface area contributed by atoms with Gasteiger partial charge in [-0.15, -0.1) is 0 Å². The number of H-pyrrole nitrogens is 1. The summed E-state index contributed by atoms with van der Waals surface area (Å²) in [6, 6.07) is 5.94. The Bertz CT molecular complexity index is 998. The standard InChI is InChI=1S/C21H29N7O/c1-4-27(12-13-29-5-2)20-14-17(18(23)7-6-15(3)22)16-9-11-28(21(16)25-20)19-8-10-24-26-19/h6-11,14H,4-5,12-13,22-23H2,1-3H3,(H,24,26)/b15-6-,18-7-. The SMILES string of the molecule is CCOCCN(CC)c1cc(/C(N)=C/C=C(/C)N)c2ccn(-c3ccn[nH]3)c2n1. The van der Waals surface area contributed by atoms with Gasteiger partial charge in [0.05, 0.1) is 12.8 Å². The van der Waals surface area contributed by atoms with Crippen LogP contribution in [0, 0.1) is 0 Å². The van der Waals surface area contributed by atoms with Crippen LogP contribution in [-0.2, 0) is 4.74 Å². The van der Waals surface area contributed by atoms with Crippen molar-refractivity contribution >= 4 is 22.5 Å². The number of fused-ring (bicyclic) bond motifs is 1. The van der Waals surface area contributed by atoms with Crippen LogP contribution in [0.25, 0.3) is 22.5 Å². The topological polar surface area (TPSA) is 111 Å². The number of allylic oxidation sites excluding steroid dienone is 3. The average Bonchev–Trinajstić information content (AvgIpc) is 3.38. The van der Waals surface area contributed by atoms with Crippen molar-refractivity contribution in [1.82, 2.24) is 19.7 Å². The van der Waals surface area contributed by atoms with Crippen LogP contribution in [0.4, 0.5) is 5.82 Å². The summed E-state index contributed by atoms with van der Waals surface area (Å²) in [5.41, 5.74) is 15.3. The minimum Gasteiger partial charge on any atom is -0.402 e. The number of anilines is 1. The Morgan fingerprint density at radius 3 is 2.76 bits per heavy atom. The van der Waals surface area contributed by atoms with Crippen molar-refractivity contribution in [3.05, 3.63) is 54.0 Å². The Hall–Kier alpha value is -3.26. The molecule has 0 radical (unpaired) electrons. The fourth-order valence-electron chi connectivity index (χ4n) is 3.14.